The van der Waals surface area contributed by atoms with E-state index in [4.69, 9.17) is 11.6 Å². The standard InChI is InChI=1S/C20H30ClN3O3S/c1-15(2)23-11-13-24(14-12-23)20(25)16-3-7-18(8-4-16)22-28(26,27)19-9-5-17(21)6-10-19/h5-6,9-10,15-16,18,22H,3-4,7-8,11-14H2,1-2H3/t16-,18-. The maximum Gasteiger partial charge on any atom is 0.240 e. The summed E-state index contributed by atoms with van der Waals surface area (Å²) in [5.74, 6) is 0.254. The van der Waals surface area contributed by atoms with Gasteiger partial charge in [0.15, 0.2) is 0 Å². The fourth-order valence-electron chi connectivity index (χ4n) is 4.08. The van der Waals surface area contributed by atoms with E-state index in [-0.39, 0.29) is 22.8 Å². The molecule has 2 aliphatic rings. The smallest absolute Gasteiger partial charge is 0.240 e. The Labute approximate surface area is 173 Å². The zero-order valence-electron chi connectivity index (χ0n) is 16.6. The summed E-state index contributed by atoms with van der Waals surface area (Å²) in [4.78, 5) is 17.4. The van der Waals surface area contributed by atoms with Crippen LogP contribution in [0.4, 0.5) is 0 Å². The van der Waals surface area contributed by atoms with Crippen LogP contribution in [0.2, 0.25) is 5.02 Å². The van der Waals surface area contributed by atoms with Crippen LogP contribution in [0, 0.1) is 5.92 Å². The van der Waals surface area contributed by atoms with E-state index in [0.29, 0.717) is 23.9 Å². The molecule has 0 aromatic heterocycles. The summed E-state index contributed by atoms with van der Waals surface area (Å²) in [6, 6.07) is 6.56. The minimum Gasteiger partial charge on any atom is -0.340 e. The third-order valence-corrected chi connectivity index (χ3v) is 7.67. The fourth-order valence-corrected chi connectivity index (χ4v) is 5.51. The molecule has 156 valence electrons. The van der Waals surface area contributed by atoms with Crippen molar-refractivity contribution in [3.63, 3.8) is 0 Å². The minimum absolute atomic E-state index is 0.0156. The lowest BCUT2D eigenvalue weighted by Crippen LogP contribution is -2.52. The van der Waals surface area contributed by atoms with Crippen molar-refractivity contribution in [2.24, 2.45) is 5.92 Å². The van der Waals surface area contributed by atoms with Crippen LogP contribution in [0.1, 0.15) is 39.5 Å². The van der Waals surface area contributed by atoms with Crippen LogP contribution in [0.25, 0.3) is 0 Å². The molecule has 1 saturated carbocycles. The number of sulfonamides is 1. The van der Waals surface area contributed by atoms with Gasteiger partial charge in [-0.15, -0.1) is 0 Å². The number of nitrogens with zero attached hydrogens (tertiary/aromatic N) is 2. The summed E-state index contributed by atoms with van der Waals surface area (Å²) in [7, 11) is -3.56. The molecular weight excluding hydrogens is 398 g/mol. The molecule has 0 spiro atoms. The lowest BCUT2D eigenvalue weighted by molar-refractivity contribution is -0.138. The molecule has 2 fully saturated rings. The summed E-state index contributed by atoms with van der Waals surface area (Å²) >= 11 is 5.83. The van der Waals surface area contributed by atoms with Gasteiger partial charge in [0.2, 0.25) is 15.9 Å². The first-order chi connectivity index (χ1) is 13.3. The van der Waals surface area contributed by atoms with Crippen molar-refractivity contribution in [2.75, 3.05) is 26.2 Å². The number of hydrogen-bond donors (Lipinski definition) is 1. The summed E-state index contributed by atoms with van der Waals surface area (Å²) in [5, 5.41) is 0.507. The van der Waals surface area contributed by atoms with Crippen molar-refractivity contribution < 1.29 is 13.2 Å². The normalized spacial score (nSPS) is 24.5. The molecule has 0 unspecified atom stereocenters. The number of amides is 1. The Morgan fingerprint density at radius 1 is 1.04 bits per heavy atom. The number of rotatable bonds is 5. The molecule has 0 radical (unpaired) electrons. The Balaban J connectivity index is 1.49. The Morgan fingerprint density at radius 3 is 2.14 bits per heavy atom. The number of benzene rings is 1. The first-order valence-electron chi connectivity index (χ1n) is 10.1. The third-order valence-electron chi connectivity index (χ3n) is 5.88. The highest BCUT2D eigenvalue weighted by molar-refractivity contribution is 7.89. The van der Waals surface area contributed by atoms with Gasteiger partial charge >= 0.3 is 0 Å². The highest BCUT2D eigenvalue weighted by atomic mass is 35.5. The molecule has 1 amide bonds. The van der Waals surface area contributed by atoms with Gasteiger partial charge in [-0.1, -0.05) is 11.6 Å². The van der Waals surface area contributed by atoms with E-state index in [1.807, 2.05) is 4.90 Å². The van der Waals surface area contributed by atoms with Crippen molar-refractivity contribution in [1.29, 1.82) is 0 Å². The summed E-state index contributed by atoms with van der Waals surface area (Å²) in [6.45, 7) is 7.81. The third kappa shape index (κ3) is 5.26. The SMILES string of the molecule is CC(C)N1CCN(C(=O)[C@H]2CC[C@H](NS(=O)(=O)c3ccc(Cl)cc3)CC2)CC1. The van der Waals surface area contributed by atoms with Crippen LogP contribution in [0.5, 0.6) is 0 Å². The van der Waals surface area contributed by atoms with Crippen molar-refractivity contribution in [1.82, 2.24) is 14.5 Å². The molecule has 1 aromatic carbocycles. The van der Waals surface area contributed by atoms with Crippen molar-refractivity contribution >= 4 is 27.5 Å². The van der Waals surface area contributed by atoms with Gasteiger partial charge in [-0.05, 0) is 63.8 Å². The minimum atomic E-state index is -3.56. The average Bonchev–Trinajstić information content (AvgIpc) is 2.68. The molecule has 1 aliphatic carbocycles. The van der Waals surface area contributed by atoms with Gasteiger partial charge in [0, 0.05) is 49.2 Å². The monoisotopic (exact) mass is 427 g/mol. The van der Waals surface area contributed by atoms with Gasteiger partial charge in [-0.2, -0.15) is 0 Å². The van der Waals surface area contributed by atoms with E-state index in [1.165, 1.54) is 12.1 Å². The van der Waals surface area contributed by atoms with E-state index < -0.39 is 10.0 Å². The van der Waals surface area contributed by atoms with Gasteiger partial charge in [-0.25, -0.2) is 13.1 Å². The zero-order valence-corrected chi connectivity index (χ0v) is 18.2. The van der Waals surface area contributed by atoms with Crippen LogP contribution < -0.4 is 4.72 Å². The largest absolute Gasteiger partial charge is 0.340 e. The van der Waals surface area contributed by atoms with Gasteiger partial charge in [0.1, 0.15) is 0 Å². The zero-order chi connectivity index (χ0) is 20.3. The topological polar surface area (TPSA) is 69.7 Å². The molecule has 28 heavy (non-hydrogen) atoms. The Bertz CT molecular complexity index is 766. The molecule has 3 rings (SSSR count). The predicted molar refractivity (Wildman–Crippen MR) is 111 cm³/mol. The van der Waals surface area contributed by atoms with E-state index >= 15 is 0 Å². The maximum atomic E-state index is 12.8. The second kappa shape index (κ2) is 9.11. The first-order valence-corrected chi connectivity index (χ1v) is 11.9. The summed E-state index contributed by atoms with van der Waals surface area (Å²) < 4.78 is 27.8. The lowest BCUT2D eigenvalue weighted by atomic mass is 9.85. The number of carbonyl (C=O) groups excluding carboxylic acids is 1. The number of piperazine rings is 1. The fraction of sp³-hybridized carbons (Fsp3) is 0.650. The van der Waals surface area contributed by atoms with Crippen molar-refractivity contribution in [3.8, 4) is 0 Å². The van der Waals surface area contributed by atoms with E-state index in [0.717, 1.165) is 39.0 Å². The molecule has 6 nitrogen and oxygen atoms in total. The van der Waals surface area contributed by atoms with Gasteiger partial charge < -0.3 is 4.90 Å². The number of hydrogen-bond acceptors (Lipinski definition) is 4. The van der Waals surface area contributed by atoms with Gasteiger partial charge in [-0.3, -0.25) is 9.69 Å². The van der Waals surface area contributed by atoms with Crippen molar-refractivity contribution in [3.05, 3.63) is 29.3 Å². The second-order valence-corrected chi connectivity index (χ2v) is 10.2. The lowest BCUT2D eigenvalue weighted by Gasteiger charge is -2.39. The summed E-state index contributed by atoms with van der Waals surface area (Å²) in [6.07, 6.45) is 2.85. The second-order valence-electron chi connectivity index (χ2n) is 8.08. The van der Waals surface area contributed by atoms with E-state index in [9.17, 15) is 13.2 Å². The Kier molecular flexibility index (Phi) is 7.02. The molecule has 1 heterocycles. The highest BCUT2D eigenvalue weighted by Gasteiger charge is 2.32. The van der Waals surface area contributed by atoms with Gasteiger partial charge in [0.05, 0.1) is 4.90 Å². The molecule has 1 saturated heterocycles. The van der Waals surface area contributed by atoms with Gasteiger partial charge in [0.25, 0.3) is 0 Å². The van der Waals surface area contributed by atoms with Crippen molar-refractivity contribution in [2.45, 2.75) is 56.5 Å². The molecule has 0 bridgehead atoms. The van der Waals surface area contributed by atoms with Crippen LogP contribution in [0.15, 0.2) is 29.2 Å². The molecule has 1 N–H and O–H groups in total. The quantitative estimate of drug-likeness (QED) is 0.784. The van der Waals surface area contributed by atoms with E-state index in [1.54, 1.807) is 12.1 Å². The van der Waals surface area contributed by atoms with Crippen LogP contribution >= 0.6 is 11.6 Å². The number of nitrogens with one attached hydrogen (secondary N) is 1. The molecule has 8 heteroatoms. The first kappa shape index (κ1) is 21.6. The number of halogens is 1. The highest BCUT2D eigenvalue weighted by Crippen LogP contribution is 2.28. The Hall–Kier alpha value is -1.15. The average molecular weight is 428 g/mol. The molecule has 1 aromatic rings. The van der Waals surface area contributed by atoms with E-state index in [2.05, 4.69) is 23.5 Å². The van der Waals surface area contributed by atoms with Crippen LogP contribution in [0.3, 0.4) is 0 Å². The molecular formula is C20H30ClN3O3S. The Morgan fingerprint density at radius 2 is 1.61 bits per heavy atom. The summed E-state index contributed by atoms with van der Waals surface area (Å²) in [5.41, 5.74) is 0. The van der Waals surface area contributed by atoms with Crippen LogP contribution in [-0.2, 0) is 14.8 Å². The predicted octanol–water partition coefficient (Wildman–Crippen LogP) is 2.73. The van der Waals surface area contributed by atoms with Crippen LogP contribution in [-0.4, -0.2) is 62.4 Å². The maximum absolute atomic E-state index is 12.8. The molecule has 1 aliphatic heterocycles. The number of carbonyl (C=O) groups is 1. The molecule has 0 atom stereocenters.